The molecule has 2 unspecified atom stereocenters. The SMILES string of the molecule is Cc1cc(C(=O)NCC2CCCC2O)c2cnn(C(C)C)c2n1. The molecule has 6 heteroatoms. The molecule has 23 heavy (non-hydrogen) atoms. The van der Waals surface area contributed by atoms with E-state index in [2.05, 4.69) is 15.4 Å². The van der Waals surface area contributed by atoms with E-state index in [-0.39, 0.29) is 24.0 Å². The Morgan fingerprint density at radius 3 is 2.91 bits per heavy atom. The molecule has 3 rings (SSSR count). The van der Waals surface area contributed by atoms with Crippen LogP contribution in [0.4, 0.5) is 0 Å². The smallest absolute Gasteiger partial charge is 0.252 e. The Labute approximate surface area is 135 Å². The molecule has 1 aliphatic rings. The molecule has 2 atom stereocenters. The third-order valence-corrected chi connectivity index (χ3v) is 4.57. The number of rotatable bonds is 4. The van der Waals surface area contributed by atoms with Crippen LogP contribution in [0.1, 0.15) is 55.2 Å². The second-order valence-corrected chi connectivity index (χ2v) is 6.70. The number of aromatic nitrogens is 3. The van der Waals surface area contributed by atoms with E-state index in [1.807, 2.05) is 25.5 Å². The van der Waals surface area contributed by atoms with Crippen LogP contribution < -0.4 is 5.32 Å². The minimum atomic E-state index is -0.293. The van der Waals surface area contributed by atoms with Crippen LogP contribution in [0.5, 0.6) is 0 Å². The Morgan fingerprint density at radius 1 is 1.48 bits per heavy atom. The predicted octanol–water partition coefficient (Wildman–Crippen LogP) is 2.21. The van der Waals surface area contributed by atoms with Crippen molar-refractivity contribution < 1.29 is 9.90 Å². The van der Waals surface area contributed by atoms with Crippen molar-refractivity contribution in [3.8, 4) is 0 Å². The highest BCUT2D eigenvalue weighted by Gasteiger charge is 2.26. The first-order valence-electron chi connectivity index (χ1n) is 8.28. The standard InChI is InChI=1S/C17H24N4O2/c1-10(2)21-16-14(9-19-21)13(7-11(3)20-16)17(23)18-8-12-5-4-6-15(12)22/h7,9-10,12,15,22H,4-6,8H2,1-3H3,(H,18,23). The van der Waals surface area contributed by atoms with Crippen LogP contribution in [-0.4, -0.2) is 38.4 Å². The summed E-state index contributed by atoms with van der Waals surface area (Å²) in [5.74, 6) is 0.0404. The Bertz CT molecular complexity index is 723. The summed E-state index contributed by atoms with van der Waals surface area (Å²) in [6.07, 6.45) is 4.25. The first-order chi connectivity index (χ1) is 11.0. The number of nitrogens with zero attached hydrogens (tertiary/aromatic N) is 3. The number of aliphatic hydroxyl groups excluding tert-OH is 1. The van der Waals surface area contributed by atoms with Crippen molar-refractivity contribution >= 4 is 16.9 Å². The molecule has 0 bridgehead atoms. The van der Waals surface area contributed by atoms with Crippen molar-refractivity contribution in [3.63, 3.8) is 0 Å². The summed E-state index contributed by atoms with van der Waals surface area (Å²) in [5, 5.41) is 18.0. The van der Waals surface area contributed by atoms with Crippen molar-refractivity contribution in [1.29, 1.82) is 0 Å². The molecule has 0 aliphatic heterocycles. The quantitative estimate of drug-likeness (QED) is 0.906. The van der Waals surface area contributed by atoms with Gasteiger partial charge in [0.25, 0.3) is 5.91 Å². The van der Waals surface area contributed by atoms with Gasteiger partial charge in [0.15, 0.2) is 5.65 Å². The highest BCUT2D eigenvalue weighted by molar-refractivity contribution is 6.05. The number of amides is 1. The van der Waals surface area contributed by atoms with Crippen molar-refractivity contribution in [2.24, 2.45) is 5.92 Å². The largest absolute Gasteiger partial charge is 0.393 e. The van der Waals surface area contributed by atoms with E-state index in [1.165, 1.54) is 0 Å². The maximum absolute atomic E-state index is 12.6. The molecule has 2 aromatic rings. The molecule has 1 saturated carbocycles. The summed E-state index contributed by atoms with van der Waals surface area (Å²) >= 11 is 0. The third-order valence-electron chi connectivity index (χ3n) is 4.57. The summed E-state index contributed by atoms with van der Waals surface area (Å²) in [6.45, 7) is 6.48. The van der Waals surface area contributed by atoms with Gasteiger partial charge in [0.2, 0.25) is 0 Å². The average Bonchev–Trinajstić information content (AvgIpc) is 3.09. The molecule has 1 fully saturated rings. The lowest BCUT2D eigenvalue weighted by atomic mass is 10.1. The van der Waals surface area contributed by atoms with Gasteiger partial charge in [-0.2, -0.15) is 5.10 Å². The molecular formula is C17H24N4O2. The summed E-state index contributed by atoms with van der Waals surface area (Å²) in [4.78, 5) is 17.1. The van der Waals surface area contributed by atoms with Gasteiger partial charge in [-0.05, 0) is 39.7 Å². The van der Waals surface area contributed by atoms with Crippen LogP contribution in [0, 0.1) is 12.8 Å². The number of aryl methyl sites for hydroxylation is 1. The van der Waals surface area contributed by atoms with E-state index in [4.69, 9.17) is 0 Å². The Hall–Kier alpha value is -1.95. The zero-order chi connectivity index (χ0) is 16.6. The molecular weight excluding hydrogens is 292 g/mol. The normalized spacial score (nSPS) is 21.3. The van der Waals surface area contributed by atoms with Crippen LogP contribution in [-0.2, 0) is 0 Å². The summed E-state index contributed by atoms with van der Waals surface area (Å²) in [6, 6.07) is 1.99. The molecule has 124 valence electrons. The second-order valence-electron chi connectivity index (χ2n) is 6.70. The maximum Gasteiger partial charge on any atom is 0.252 e. The van der Waals surface area contributed by atoms with Crippen molar-refractivity contribution in [2.75, 3.05) is 6.54 Å². The molecule has 6 nitrogen and oxygen atoms in total. The first-order valence-corrected chi connectivity index (χ1v) is 8.28. The summed E-state index contributed by atoms with van der Waals surface area (Å²) < 4.78 is 1.83. The van der Waals surface area contributed by atoms with Gasteiger partial charge in [-0.3, -0.25) is 4.79 Å². The number of carbonyl (C=O) groups excluding carboxylic acids is 1. The topological polar surface area (TPSA) is 80.0 Å². The highest BCUT2D eigenvalue weighted by Crippen LogP contribution is 2.25. The van der Waals surface area contributed by atoms with Crippen LogP contribution >= 0.6 is 0 Å². The lowest BCUT2D eigenvalue weighted by Gasteiger charge is -2.15. The first kappa shape index (κ1) is 15.9. The van der Waals surface area contributed by atoms with Crippen LogP contribution in [0.15, 0.2) is 12.3 Å². The van der Waals surface area contributed by atoms with Gasteiger partial charge >= 0.3 is 0 Å². The lowest BCUT2D eigenvalue weighted by Crippen LogP contribution is -2.32. The number of pyridine rings is 1. The molecule has 2 aromatic heterocycles. The third kappa shape index (κ3) is 3.08. The summed E-state index contributed by atoms with van der Waals surface area (Å²) in [7, 11) is 0. The maximum atomic E-state index is 12.6. The number of aliphatic hydroxyl groups is 1. The lowest BCUT2D eigenvalue weighted by molar-refractivity contribution is 0.0918. The number of hydrogen-bond donors (Lipinski definition) is 2. The fraction of sp³-hybridized carbons (Fsp3) is 0.588. The van der Waals surface area contributed by atoms with Gasteiger partial charge in [-0.1, -0.05) is 6.42 Å². The molecule has 1 amide bonds. The summed E-state index contributed by atoms with van der Waals surface area (Å²) in [5.41, 5.74) is 2.14. The van der Waals surface area contributed by atoms with Gasteiger partial charge in [-0.25, -0.2) is 9.67 Å². The van der Waals surface area contributed by atoms with Crippen LogP contribution in [0.2, 0.25) is 0 Å². The van der Waals surface area contributed by atoms with E-state index >= 15 is 0 Å². The van der Waals surface area contributed by atoms with E-state index < -0.39 is 0 Å². The van der Waals surface area contributed by atoms with Crippen LogP contribution in [0.3, 0.4) is 0 Å². The van der Waals surface area contributed by atoms with Gasteiger partial charge in [0.1, 0.15) is 0 Å². The Morgan fingerprint density at radius 2 is 2.26 bits per heavy atom. The average molecular weight is 316 g/mol. The zero-order valence-electron chi connectivity index (χ0n) is 13.9. The van der Waals surface area contributed by atoms with E-state index in [9.17, 15) is 9.90 Å². The van der Waals surface area contributed by atoms with Crippen molar-refractivity contribution in [2.45, 2.75) is 52.2 Å². The second kappa shape index (κ2) is 6.28. The minimum absolute atomic E-state index is 0.122. The minimum Gasteiger partial charge on any atom is -0.393 e. The molecule has 1 aliphatic carbocycles. The Kier molecular flexibility index (Phi) is 4.35. The van der Waals surface area contributed by atoms with Crippen molar-refractivity contribution in [1.82, 2.24) is 20.1 Å². The molecule has 2 heterocycles. The fourth-order valence-electron chi connectivity index (χ4n) is 3.28. The van der Waals surface area contributed by atoms with Gasteiger partial charge < -0.3 is 10.4 Å². The predicted molar refractivity (Wildman–Crippen MR) is 88.3 cm³/mol. The number of fused-ring (bicyclic) bond motifs is 1. The fourth-order valence-corrected chi connectivity index (χ4v) is 3.28. The van der Waals surface area contributed by atoms with E-state index in [0.717, 1.165) is 36.0 Å². The number of hydrogen-bond acceptors (Lipinski definition) is 4. The van der Waals surface area contributed by atoms with Gasteiger partial charge in [0, 0.05) is 24.2 Å². The van der Waals surface area contributed by atoms with Gasteiger partial charge in [0.05, 0.1) is 23.3 Å². The Balaban J connectivity index is 1.85. The molecule has 0 saturated heterocycles. The van der Waals surface area contributed by atoms with Crippen LogP contribution in [0.25, 0.3) is 11.0 Å². The van der Waals surface area contributed by atoms with E-state index in [1.54, 1.807) is 12.3 Å². The highest BCUT2D eigenvalue weighted by atomic mass is 16.3. The molecule has 0 spiro atoms. The monoisotopic (exact) mass is 316 g/mol. The van der Waals surface area contributed by atoms with Gasteiger partial charge in [-0.15, -0.1) is 0 Å². The van der Waals surface area contributed by atoms with E-state index in [0.29, 0.717) is 12.1 Å². The molecule has 0 aromatic carbocycles. The van der Waals surface area contributed by atoms with Crippen molar-refractivity contribution in [3.05, 3.63) is 23.5 Å². The molecule has 0 radical (unpaired) electrons. The number of nitrogens with one attached hydrogen (secondary N) is 1. The number of carbonyl (C=O) groups is 1. The zero-order valence-corrected chi connectivity index (χ0v) is 13.9. The molecule has 2 N–H and O–H groups in total.